The van der Waals surface area contributed by atoms with Crippen LogP contribution in [0.5, 0.6) is 5.75 Å². The Labute approximate surface area is 138 Å². The minimum absolute atomic E-state index is 0.201. The summed E-state index contributed by atoms with van der Waals surface area (Å²) in [7, 11) is 0. The Balaban J connectivity index is 2.16. The second-order valence-electron chi connectivity index (χ2n) is 5.66. The maximum atomic E-state index is 11.9. The topological polar surface area (TPSA) is 70.9 Å². The number of rotatable bonds is 3. The number of fused-ring (bicyclic) bond motifs is 1. The van der Waals surface area contributed by atoms with Gasteiger partial charge in [-0.25, -0.2) is 0 Å². The van der Waals surface area contributed by atoms with Gasteiger partial charge in [0.2, 0.25) is 0 Å². The molecular weight excluding hydrogens is 302 g/mol. The van der Waals surface area contributed by atoms with E-state index in [4.69, 9.17) is 0 Å². The van der Waals surface area contributed by atoms with E-state index < -0.39 is 0 Å². The monoisotopic (exact) mass is 317 g/mol. The van der Waals surface area contributed by atoms with Crippen molar-refractivity contribution in [1.29, 1.82) is 0 Å². The maximum Gasteiger partial charge on any atom is 0.152 e. The highest BCUT2D eigenvalue weighted by atomic mass is 16.3. The molecule has 0 aliphatic heterocycles. The van der Waals surface area contributed by atoms with Gasteiger partial charge >= 0.3 is 0 Å². The molecule has 0 aliphatic carbocycles. The van der Waals surface area contributed by atoms with E-state index >= 15 is 0 Å². The van der Waals surface area contributed by atoms with Crippen LogP contribution >= 0.6 is 0 Å². The van der Waals surface area contributed by atoms with Crippen molar-refractivity contribution in [3.05, 3.63) is 66.0 Å². The third kappa shape index (κ3) is 2.02. The maximum absolute atomic E-state index is 11.9. The van der Waals surface area contributed by atoms with Crippen LogP contribution < -0.4 is 0 Å². The summed E-state index contributed by atoms with van der Waals surface area (Å²) in [5.74, 6) is 0.201. The zero-order valence-electron chi connectivity index (χ0n) is 13.0. The van der Waals surface area contributed by atoms with Gasteiger partial charge in [0.1, 0.15) is 5.75 Å². The first-order valence-corrected chi connectivity index (χ1v) is 7.59. The van der Waals surface area contributed by atoms with Gasteiger partial charge in [0.05, 0.1) is 17.4 Å². The molecule has 2 aromatic carbocycles. The number of benzene rings is 2. The number of H-pyrrole nitrogens is 1. The van der Waals surface area contributed by atoms with E-state index in [2.05, 4.69) is 10.2 Å². The third-order valence-corrected chi connectivity index (χ3v) is 4.22. The van der Waals surface area contributed by atoms with E-state index in [1.54, 1.807) is 18.3 Å². The van der Waals surface area contributed by atoms with Gasteiger partial charge in [-0.3, -0.25) is 9.89 Å². The first-order valence-electron chi connectivity index (χ1n) is 7.59. The van der Waals surface area contributed by atoms with Crippen molar-refractivity contribution < 1.29 is 9.90 Å². The van der Waals surface area contributed by atoms with Crippen molar-refractivity contribution in [2.75, 3.05) is 0 Å². The lowest BCUT2D eigenvalue weighted by Gasteiger charge is -2.11. The smallest absolute Gasteiger partial charge is 0.152 e. The summed E-state index contributed by atoms with van der Waals surface area (Å²) in [4.78, 5) is 11.9. The lowest BCUT2D eigenvalue weighted by atomic mass is 10.1. The van der Waals surface area contributed by atoms with Gasteiger partial charge in [0.25, 0.3) is 0 Å². The molecule has 2 N–H and O–H groups in total. The molecule has 0 aliphatic rings. The van der Waals surface area contributed by atoms with Crippen LogP contribution in [0.3, 0.4) is 0 Å². The Morgan fingerprint density at radius 1 is 1.12 bits per heavy atom. The molecule has 0 unspecified atom stereocenters. The summed E-state index contributed by atoms with van der Waals surface area (Å²) in [6.07, 6.45) is 2.62. The molecule has 5 heteroatoms. The fourth-order valence-electron chi connectivity index (χ4n) is 3.11. The predicted molar refractivity (Wildman–Crippen MR) is 92.6 cm³/mol. The number of hydrogen-bond donors (Lipinski definition) is 2. The second-order valence-corrected chi connectivity index (χ2v) is 5.66. The number of carbonyl (C=O) groups is 1. The lowest BCUT2D eigenvalue weighted by Crippen LogP contribution is -1.98. The van der Waals surface area contributed by atoms with E-state index in [9.17, 15) is 9.90 Å². The van der Waals surface area contributed by atoms with Gasteiger partial charge in [-0.15, -0.1) is 0 Å². The summed E-state index contributed by atoms with van der Waals surface area (Å²) in [6.45, 7) is 1.93. The number of nitrogens with zero attached hydrogens (tertiary/aromatic N) is 2. The van der Waals surface area contributed by atoms with Gasteiger partial charge in [-0.2, -0.15) is 5.10 Å². The van der Waals surface area contributed by atoms with Gasteiger partial charge in [-0.05, 0) is 37.3 Å². The van der Waals surface area contributed by atoms with Crippen molar-refractivity contribution in [3.63, 3.8) is 0 Å². The number of hydrogen-bond acceptors (Lipinski definition) is 3. The van der Waals surface area contributed by atoms with Crippen LogP contribution in [-0.4, -0.2) is 26.2 Å². The third-order valence-electron chi connectivity index (χ3n) is 4.22. The average Bonchev–Trinajstić information content (AvgIpc) is 3.16. The van der Waals surface area contributed by atoms with Crippen LogP contribution in [0.2, 0.25) is 0 Å². The van der Waals surface area contributed by atoms with Crippen molar-refractivity contribution in [2.45, 2.75) is 6.92 Å². The van der Waals surface area contributed by atoms with E-state index in [0.29, 0.717) is 5.56 Å². The number of phenolic OH excluding ortho intramolecular Hbond substituents is 1. The molecule has 0 saturated carbocycles. The highest BCUT2D eigenvalue weighted by Gasteiger charge is 2.21. The molecule has 0 atom stereocenters. The minimum atomic E-state index is 0.201. The molecule has 0 amide bonds. The molecule has 2 heterocycles. The van der Waals surface area contributed by atoms with Gasteiger partial charge in [-0.1, -0.05) is 18.2 Å². The van der Waals surface area contributed by atoms with Crippen molar-refractivity contribution >= 4 is 17.2 Å². The molecule has 4 aromatic rings. The summed E-state index contributed by atoms with van der Waals surface area (Å²) < 4.78 is 2.02. The molecule has 0 spiro atoms. The number of aldehydes is 1. The van der Waals surface area contributed by atoms with Crippen LogP contribution in [0.4, 0.5) is 0 Å². The highest BCUT2D eigenvalue weighted by Crippen LogP contribution is 2.36. The van der Waals surface area contributed by atoms with E-state index in [1.165, 1.54) is 0 Å². The lowest BCUT2D eigenvalue weighted by molar-refractivity contribution is 0.112. The first-order chi connectivity index (χ1) is 11.7. The second kappa shape index (κ2) is 5.38. The number of para-hydroxylation sites is 1. The number of carbonyl (C=O) groups excluding carboxylic acids is 1. The molecule has 0 radical (unpaired) electrons. The van der Waals surface area contributed by atoms with Crippen molar-refractivity contribution in [3.8, 4) is 22.7 Å². The van der Waals surface area contributed by atoms with Crippen molar-refractivity contribution in [2.24, 2.45) is 0 Å². The first kappa shape index (κ1) is 14.3. The zero-order chi connectivity index (χ0) is 16.7. The number of aromatic nitrogens is 3. The molecule has 0 saturated heterocycles. The number of phenols is 1. The molecular formula is C19H15N3O2. The van der Waals surface area contributed by atoms with Gasteiger partial charge in [0, 0.05) is 27.9 Å². The largest absolute Gasteiger partial charge is 0.508 e. The average molecular weight is 317 g/mol. The fourth-order valence-corrected chi connectivity index (χ4v) is 3.11. The van der Waals surface area contributed by atoms with Crippen LogP contribution in [-0.2, 0) is 0 Å². The van der Waals surface area contributed by atoms with Crippen LogP contribution in [0, 0.1) is 6.92 Å². The molecule has 5 nitrogen and oxygen atoms in total. The molecule has 24 heavy (non-hydrogen) atoms. The number of aryl methyl sites for hydroxylation is 1. The SMILES string of the molecule is Cc1[nH]ncc1-c1c(C=O)c2ccccc2n1-c1ccc(O)cc1. The Kier molecular flexibility index (Phi) is 3.20. The van der Waals surface area contributed by atoms with E-state index in [0.717, 1.165) is 39.8 Å². The molecule has 0 fully saturated rings. The normalized spacial score (nSPS) is 11.0. The summed E-state index contributed by atoms with van der Waals surface area (Å²) in [6, 6.07) is 14.7. The Hall–Kier alpha value is -3.34. The Morgan fingerprint density at radius 3 is 2.54 bits per heavy atom. The van der Waals surface area contributed by atoms with E-state index in [-0.39, 0.29) is 5.75 Å². The molecule has 118 valence electrons. The van der Waals surface area contributed by atoms with Crippen LogP contribution in [0.1, 0.15) is 16.1 Å². The van der Waals surface area contributed by atoms with Crippen LogP contribution in [0.15, 0.2) is 54.7 Å². The predicted octanol–water partition coefficient (Wildman–Crippen LogP) is 3.85. The zero-order valence-corrected chi connectivity index (χ0v) is 13.0. The molecule has 2 aromatic heterocycles. The Morgan fingerprint density at radius 2 is 1.88 bits per heavy atom. The van der Waals surface area contributed by atoms with Crippen molar-refractivity contribution in [1.82, 2.24) is 14.8 Å². The number of nitrogens with one attached hydrogen (secondary N) is 1. The summed E-state index contributed by atoms with van der Waals surface area (Å²) >= 11 is 0. The van der Waals surface area contributed by atoms with E-state index in [1.807, 2.05) is 47.9 Å². The number of aromatic hydroxyl groups is 1. The molecule has 4 rings (SSSR count). The molecule has 0 bridgehead atoms. The number of aromatic amines is 1. The highest BCUT2D eigenvalue weighted by molar-refractivity contribution is 6.06. The minimum Gasteiger partial charge on any atom is -0.508 e. The van der Waals surface area contributed by atoms with Gasteiger partial charge in [0.15, 0.2) is 6.29 Å². The summed E-state index contributed by atoms with van der Waals surface area (Å²) in [5, 5.41) is 17.5. The quantitative estimate of drug-likeness (QED) is 0.564. The fraction of sp³-hybridized carbons (Fsp3) is 0.0526. The standard InChI is InChI=1S/C19H15N3O2/c1-12-16(10-20-21-12)19-17(11-23)15-4-2-3-5-18(15)22(19)13-6-8-14(24)9-7-13/h2-11,24H,1H3,(H,20,21). The summed E-state index contributed by atoms with van der Waals surface area (Å²) in [5.41, 5.74) is 4.99. The Bertz CT molecular complexity index is 1040. The van der Waals surface area contributed by atoms with Crippen LogP contribution in [0.25, 0.3) is 27.8 Å². The van der Waals surface area contributed by atoms with Gasteiger partial charge < -0.3 is 9.67 Å².